The van der Waals surface area contributed by atoms with E-state index < -0.39 is 58.6 Å². The average molecular weight is 734 g/mol. The number of rotatable bonds is 18. The van der Waals surface area contributed by atoms with Gasteiger partial charge in [-0.2, -0.15) is 9.36 Å². The predicted octanol–water partition coefficient (Wildman–Crippen LogP) is -1.46. The van der Waals surface area contributed by atoms with Gasteiger partial charge in [-0.1, -0.05) is 5.16 Å². The highest BCUT2D eigenvalue weighted by atomic mass is 32.2. The standard InChI is InChI=1S/C29H35N9O10S2/c1-29(2,27(46)47)48-34-20(23-33-28(31)50-35-23)18(40)10-17-24(43)38-21(26(44)45)15(13-49-25(17)38)12-37-11-14(22(30)36(37)3)9-16(39)5-4-7-32-8-6-19(41)42/h8,11,17,25,30H,4-7,9-10,12-13H2,1-3H3,(H5,31,33,35,41,42,44,45,46,47)/b32-8?,34-20+/t17-,25-/m1/s1. The summed E-state index contributed by atoms with van der Waals surface area (Å²) in [5.41, 5.74) is 10.2. The molecule has 2 atom stereocenters. The zero-order valence-electron chi connectivity index (χ0n) is 27.2. The predicted molar refractivity (Wildman–Crippen MR) is 175 cm³/mol. The molecular formula is C29H35N9O10S2. The van der Waals surface area contributed by atoms with Gasteiger partial charge in [0.25, 0.3) is 0 Å². The van der Waals surface area contributed by atoms with E-state index in [1.807, 2.05) is 0 Å². The number of nitrogens with two attached hydrogens (primary N) is 2. The Bertz CT molecular complexity index is 1810. The maximum Gasteiger partial charge on any atom is 0.350 e. The molecule has 0 radical (unpaired) electrons. The summed E-state index contributed by atoms with van der Waals surface area (Å²) in [6, 6.07) is 0. The van der Waals surface area contributed by atoms with E-state index in [4.69, 9.17) is 21.4 Å². The highest BCUT2D eigenvalue weighted by Gasteiger charge is 2.53. The Hall–Kier alpha value is -5.18. The van der Waals surface area contributed by atoms with E-state index in [1.54, 1.807) is 22.6 Å². The second-order valence-electron chi connectivity index (χ2n) is 11.9. The van der Waals surface area contributed by atoms with Gasteiger partial charge in [0, 0.05) is 54.9 Å². The van der Waals surface area contributed by atoms with Gasteiger partial charge in [-0.25, -0.2) is 4.79 Å². The lowest BCUT2D eigenvalue weighted by Crippen LogP contribution is -2.63. The number of hydrogen-bond acceptors (Lipinski definition) is 16. The molecule has 6 N–H and O–H groups in total. The average Bonchev–Trinajstić information content (AvgIpc) is 3.58. The molecule has 268 valence electrons. The molecule has 2 aliphatic heterocycles. The van der Waals surface area contributed by atoms with Crippen LogP contribution in [-0.2, 0) is 53.6 Å². The van der Waals surface area contributed by atoms with Crippen molar-refractivity contribution >= 4 is 81.6 Å². The lowest BCUT2D eigenvalue weighted by Gasteiger charge is -2.50. The van der Waals surface area contributed by atoms with Crippen molar-refractivity contribution in [3.8, 4) is 0 Å². The van der Waals surface area contributed by atoms with Crippen molar-refractivity contribution in [2.45, 2.75) is 63.5 Å². The summed E-state index contributed by atoms with van der Waals surface area (Å²) in [6.07, 6.45) is 2.94. The molecule has 0 bridgehead atoms. The van der Waals surface area contributed by atoms with E-state index in [2.05, 4.69) is 19.5 Å². The van der Waals surface area contributed by atoms with Gasteiger partial charge in [-0.15, -0.1) is 21.1 Å². The number of ketones is 2. The van der Waals surface area contributed by atoms with Crippen LogP contribution in [0.4, 0.5) is 10.9 Å². The van der Waals surface area contributed by atoms with Crippen LogP contribution in [0.15, 0.2) is 27.6 Å². The summed E-state index contributed by atoms with van der Waals surface area (Å²) in [7, 11) is 1.64. The second kappa shape index (κ2) is 15.6. The third kappa shape index (κ3) is 8.51. The number of nitrogens with zero attached hydrogens (tertiary/aromatic N) is 7. The Morgan fingerprint density at radius 3 is 2.58 bits per heavy atom. The summed E-state index contributed by atoms with van der Waals surface area (Å²) in [5.74, 6) is -6.13. The fraction of sp³-hybridized carbons (Fsp3) is 0.483. The maximum absolute atomic E-state index is 13.4. The first-order valence-corrected chi connectivity index (χ1v) is 16.9. The number of fused-ring (bicyclic) bond motifs is 1. The number of Topliss-reactive ketones (excluding diaryl/α,β-unsaturated/α-hetero) is 2. The molecule has 0 unspecified atom stereocenters. The van der Waals surface area contributed by atoms with Crippen LogP contribution in [0.2, 0.25) is 0 Å². The van der Waals surface area contributed by atoms with E-state index in [0.29, 0.717) is 24.1 Å². The summed E-state index contributed by atoms with van der Waals surface area (Å²) in [6.45, 7) is 2.75. The number of carboxylic acids is 3. The number of anilines is 2. The van der Waals surface area contributed by atoms with Gasteiger partial charge in [-0.05, 0) is 20.3 Å². The Morgan fingerprint density at radius 2 is 1.96 bits per heavy atom. The second-order valence-corrected chi connectivity index (χ2v) is 13.7. The number of carboxylic acid groups (broad SMARTS) is 3. The molecule has 4 heterocycles. The molecule has 50 heavy (non-hydrogen) atoms. The molecule has 4 rings (SSSR count). The minimum Gasteiger partial charge on any atom is -0.543 e. The summed E-state index contributed by atoms with van der Waals surface area (Å²) >= 11 is 2.02. The number of amides is 1. The summed E-state index contributed by atoms with van der Waals surface area (Å²) < 4.78 is 7.13. The number of carbonyl (C=O) groups excluding carboxylic acids is 4. The molecule has 0 saturated carbocycles. The molecule has 19 nitrogen and oxygen atoms in total. The number of thioether (sulfide) groups is 1. The van der Waals surface area contributed by atoms with Gasteiger partial charge in [-0.3, -0.25) is 29.1 Å². The van der Waals surface area contributed by atoms with Crippen LogP contribution in [0.5, 0.6) is 0 Å². The Kier molecular flexibility index (Phi) is 11.7. The zero-order valence-corrected chi connectivity index (χ0v) is 28.9. The van der Waals surface area contributed by atoms with E-state index >= 15 is 0 Å². The molecule has 0 spiro atoms. The van der Waals surface area contributed by atoms with Gasteiger partial charge in [0.1, 0.15) is 5.78 Å². The Morgan fingerprint density at radius 1 is 1.24 bits per heavy atom. The van der Waals surface area contributed by atoms with Gasteiger partial charge < -0.3 is 36.4 Å². The maximum atomic E-state index is 13.4. The number of nitrogen functional groups attached to an aromatic ring is 2. The van der Waals surface area contributed by atoms with E-state index in [9.17, 15) is 39.0 Å². The number of hydrogen-bond donors (Lipinski definition) is 4. The largest absolute Gasteiger partial charge is 0.543 e. The lowest BCUT2D eigenvalue weighted by molar-refractivity contribution is -0.765. The molecule has 2 aromatic rings. The van der Waals surface area contributed by atoms with Crippen molar-refractivity contribution in [1.82, 2.24) is 18.9 Å². The number of β-lactam (4-membered cyclic amide) rings is 1. The number of oxime groups is 1. The molecule has 0 aromatic carbocycles. The summed E-state index contributed by atoms with van der Waals surface area (Å²) in [4.78, 5) is 87.8. The molecule has 1 fully saturated rings. The Labute approximate surface area is 292 Å². The summed E-state index contributed by atoms with van der Waals surface area (Å²) in [5, 5.41) is 33.4. The fourth-order valence-corrected chi connectivity index (χ4v) is 6.87. The molecule has 1 amide bonds. The fourth-order valence-electron chi connectivity index (χ4n) is 5.04. The van der Waals surface area contributed by atoms with Crippen LogP contribution in [-0.4, -0.2) is 99.7 Å². The van der Waals surface area contributed by atoms with Gasteiger partial charge in [0.15, 0.2) is 29.0 Å². The minimum absolute atomic E-state index is 0.00795. The van der Waals surface area contributed by atoms with E-state index in [-0.39, 0.29) is 59.8 Å². The molecule has 1 saturated heterocycles. The van der Waals surface area contributed by atoms with Crippen molar-refractivity contribution in [3.63, 3.8) is 0 Å². The van der Waals surface area contributed by atoms with E-state index in [1.165, 1.54) is 31.8 Å². The van der Waals surface area contributed by atoms with Crippen LogP contribution in [0.25, 0.3) is 0 Å². The third-order valence-corrected chi connectivity index (χ3v) is 9.74. The van der Waals surface area contributed by atoms with Crippen molar-refractivity contribution in [2.75, 3.05) is 23.8 Å². The number of aliphatic carboxylic acids is 3. The number of aliphatic imine (C=N–C) groups is 1. The normalized spacial score (nSPS) is 17.9. The first-order chi connectivity index (χ1) is 23.5. The monoisotopic (exact) mass is 733 g/mol. The van der Waals surface area contributed by atoms with Crippen molar-refractivity contribution in [3.05, 3.63) is 28.9 Å². The van der Waals surface area contributed by atoms with Crippen LogP contribution in [0.3, 0.4) is 0 Å². The number of aromatic nitrogens is 4. The molecule has 21 heteroatoms. The molecule has 0 aliphatic carbocycles. The molecule has 2 aliphatic rings. The SMILES string of the molecule is Cn1c(N)c(CC(=O)CCCN=CCC(=O)O)c[n+]1CC1=C(C(=O)[O-])N2C(=O)[C@@H](CC(=O)/C(=N\OC(C)(C)C(=O)O)c3nsc(N)n3)[C@H]2SC1. The smallest absolute Gasteiger partial charge is 0.350 e. The third-order valence-electron chi connectivity index (χ3n) is 7.80. The minimum atomic E-state index is -1.81. The highest BCUT2D eigenvalue weighted by molar-refractivity contribution is 8.00. The lowest BCUT2D eigenvalue weighted by atomic mass is 9.89. The first-order valence-electron chi connectivity index (χ1n) is 15.1. The van der Waals surface area contributed by atoms with Gasteiger partial charge in [0.2, 0.25) is 23.5 Å². The highest BCUT2D eigenvalue weighted by Crippen LogP contribution is 2.45. The van der Waals surface area contributed by atoms with Crippen LogP contribution in [0, 0.1) is 5.92 Å². The number of carbonyl (C=O) groups is 6. The van der Waals surface area contributed by atoms with Gasteiger partial charge in [0.05, 0.1) is 42.0 Å². The van der Waals surface area contributed by atoms with E-state index in [0.717, 1.165) is 16.4 Å². The molecular weight excluding hydrogens is 699 g/mol. The van der Waals surface area contributed by atoms with Crippen molar-refractivity contribution in [2.24, 2.45) is 23.1 Å². The molecule has 2 aromatic heterocycles. The van der Waals surface area contributed by atoms with Crippen LogP contribution in [0.1, 0.15) is 50.9 Å². The van der Waals surface area contributed by atoms with Crippen molar-refractivity contribution in [1.29, 1.82) is 0 Å². The van der Waals surface area contributed by atoms with Crippen molar-refractivity contribution < 1.29 is 53.6 Å². The van der Waals surface area contributed by atoms with Gasteiger partial charge >= 0.3 is 11.9 Å². The topological polar surface area (TPSA) is 290 Å². The van der Waals surface area contributed by atoms with Crippen LogP contribution >= 0.6 is 23.3 Å². The zero-order chi connectivity index (χ0) is 36.9. The first kappa shape index (κ1) is 37.6. The van der Waals surface area contributed by atoms with Crippen LogP contribution < -0.4 is 21.3 Å². The Balaban J connectivity index is 1.46. The quantitative estimate of drug-likeness (QED) is 0.0448.